The third-order valence-corrected chi connectivity index (χ3v) is 3.31. The number of halogens is 1. The van der Waals surface area contributed by atoms with Crippen molar-refractivity contribution >= 4 is 11.7 Å². The fourth-order valence-electron chi connectivity index (χ4n) is 2.34. The molecule has 0 bridgehead atoms. The highest BCUT2D eigenvalue weighted by Crippen LogP contribution is 2.28. The number of carbonyl (C=O) groups is 1. The highest BCUT2D eigenvalue weighted by molar-refractivity contribution is 5.94. The molecule has 1 fully saturated rings. The van der Waals surface area contributed by atoms with Gasteiger partial charge < -0.3 is 15.2 Å². The molecule has 0 heterocycles. The first-order chi connectivity index (χ1) is 8.61. The number of para-hydroxylation sites is 1. The van der Waals surface area contributed by atoms with E-state index in [-0.39, 0.29) is 23.4 Å². The van der Waals surface area contributed by atoms with Gasteiger partial charge in [-0.3, -0.25) is 0 Å². The molecule has 0 saturated heterocycles. The molecule has 0 aromatic heterocycles. The maximum absolute atomic E-state index is 13.7. The van der Waals surface area contributed by atoms with Crippen molar-refractivity contribution in [3.63, 3.8) is 0 Å². The van der Waals surface area contributed by atoms with Crippen LogP contribution >= 0.6 is 0 Å². The Bertz CT molecular complexity index is 450. The lowest BCUT2D eigenvalue weighted by Gasteiger charge is -2.16. The summed E-state index contributed by atoms with van der Waals surface area (Å²) in [6, 6.07) is 4.12. The van der Waals surface area contributed by atoms with Gasteiger partial charge in [0.2, 0.25) is 0 Å². The van der Waals surface area contributed by atoms with Crippen LogP contribution < -0.4 is 5.32 Å². The maximum atomic E-state index is 13.7. The number of anilines is 1. The van der Waals surface area contributed by atoms with Crippen LogP contribution in [0.15, 0.2) is 18.2 Å². The van der Waals surface area contributed by atoms with Gasteiger partial charge >= 0.3 is 5.97 Å². The average molecular weight is 253 g/mol. The van der Waals surface area contributed by atoms with Gasteiger partial charge in [-0.1, -0.05) is 6.07 Å². The van der Waals surface area contributed by atoms with Crippen LogP contribution in [0.1, 0.15) is 29.6 Å². The van der Waals surface area contributed by atoms with Crippen LogP contribution in [0.5, 0.6) is 0 Å². The van der Waals surface area contributed by atoms with E-state index in [1.807, 2.05) is 0 Å². The number of aromatic carboxylic acids is 1. The monoisotopic (exact) mass is 253 g/mol. The fraction of sp³-hybridized carbons (Fsp3) is 0.462. The SMILES string of the molecule is COC1CCC(Nc2c(F)cccc2C(=O)O)C1. The van der Waals surface area contributed by atoms with Gasteiger partial charge in [0, 0.05) is 13.2 Å². The lowest BCUT2D eigenvalue weighted by atomic mass is 10.1. The number of ether oxygens (including phenoxy) is 1. The van der Waals surface area contributed by atoms with Crippen molar-refractivity contribution in [3.05, 3.63) is 29.6 Å². The van der Waals surface area contributed by atoms with Crippen LogP contribution in [0.3, 0.4) is 0 Å². The largest absolute Gasteiger partial charge is 0.478 e. The summed E-state index contributed by atoms with van der Waals surface area (Å²) in [6.07, 6.45) is 2.70. The van der Waals surface area contributed by atoms with Crippen LogP contribution in [-0.4, -0.2) is 30.3 Å². The number of benzene rings is 1. The molecule has 5 heteroatoms. The Kier molecular flexibility index (Phi) is 3.81. The van der Waals surface area contributed by atoms with Gasteiger partial charge in [-0.05, 0) is 31.4 Å². The topological polar surface area (TPSA) is 58.6 Å². The molecule has 0 spiro atoms. The van der Waals surface area contributed by atoms with E-state index < -0.39 is 11.8 Å². The van der Waals surface area contributed by atoms with E-state index in [1.165, 1.54) is 18.2 Å². The van der Waals surface area contributed by atoms with Gasteiger partial charge in [-0.25, -0.2) is 9.18 Å². The smallest absolute Gasteiger partial charge is 0.337 e. The molecule has 1 aliphatic rings. The van der Waals surface area contributed by atoms with E-state index in [1.54, 1.807) is 7.11 Å². The Morgan fingerprint density at radius 1 is 1.50 bits per heavy atom. The zero-order chi connectivity index (χ0) is 13.1. The molecule has 0 amide bonds. The summed E-state index contributed by atoms with van der Waals surface area (Å²) < 4.78 is 18.9. The maximum Gasteiger partial charge on any atom is 0.337 e. The third-order valence-electron chi connectivity index (χ3n) is 3.31. The fourth-order valence-corrected chi connectivity index (χ4v) is 2.34. The van der Waals surface area contributed by atoms with E-state index in [2.05, 4.69) is 5.32 Å². The third kappa shape index (κ3) is 2.61. The van der Waals surface area contributed by atoms with Crippen LogP contribution in [0.25, 0.3) is 0 Å². The number of nitrogens with one attached hydrogen (secondary N) is 1. The van der Waals surface area contributed by atoms with Crippen LogP contribution in [0, 0.1) is 5.82 Å². The molecule has 0 aliphatic heterocycles. The van der Waals surface area contributed by atoms with Gasteiger partial charge in [-0.2, -0.15) is 0 Å². The van der Waals surface area contributed by atoms with Crippen molar-refractivity contribution in [1.82, 2.24) is 0 Å². The summed E-state index contributed by atoms with van der Waals surface area (Å²) in [5, 5.41) is 12.0. The molecule has 98 valence electrons. The number of rotatable bonds is 4. The Balaban J connectivity index is 2.16. The second kappa shape index (κ2) is 5.35. The summed E-state index contributed by atoms with van der Waals surface area (Å²) in [6.45, 7) is 0. The van der Waals surface area contributed by atoms with E-state index in [0.717, 1.165) is 19.3 Å². The zero-order valence-corrected chi connectivity index (χ0v) is 10.1. The highest BCUT2D eigenvalue weighted by atomic mass is 19.1. The average Bonchev–Trinajstić information content (AvgIpc) is 2.79. The number of carboxylic acid groups (broad SMARTS) is 1. The Hall–Kier alpha value is -1.62. The molecule has 2 unspecified atom stereocenters. The molecule has 1 aliphatic carbocycles. The van der Waals surface area contributed by atoms with E-state index in [4.69, 9.17) is 9.84 Å². The van der Waals surface area contributed by atoms with Gasteiger partial charge in [-0.15, -0.1) is 0 Å². The van der Waals surface area contributed by atoms with Crippen LogP contribution in [0.2, 0.25) is 0 Å². The predicted octanol–water partition coefficient (Wildman–Crippen LogP) is 2.50. The Labute approximate surface area is 105 Å². The lowest BCUT2D eigenvalue weighted by Crippen LogP contribution is -2.20. The van der Waals surface area contributed by atoms with Crippen molar-refractivity contribution in [1.29, 1.82) is 0 Å². The van der Waals surface area contributed by atoms with Gasteiger partial charge in [0.25, 0.3) is 0 Å². The molecule has 1 aromatic carbocycles. The second-order valence-corrected chi connectivity index (χ2v) is 4.48. The van der Waals surface area contributed by atoms with Gasteiger partial charge in [0.1, 0.15) is 5.82 Å². The number of hydrogen-bond donors (Lipinski definition) is 2. The minimum absolute atomic E-state index is 0.0316. The molecule has 0 radical (unpaired) electrons. The quantitative estimate of drug-likeness (QED) is 0.865. The molecular weight excluding hydrogens is 237 g/mol. The Morgan fingerprint density at radius 3 is 2.89 bits per heavy atom. The van der Waals surface area contributed by atoms with Gasteiger partial charge in [0.15, 0.2) is 0 Å². The number of methoxy groups -OCH3 is 1. The summed E-state index contributed by atoms with van der Waals surface area (Å²) in [7, 11) is 1.65. The predicted molar refractivity (Wildman–Crippen MR) is 65.4 cm³/mol. The molecule has 1 saturated carbocycles. The first kappa shape index (κ1) is 12.8. The first-order valence-corrected chi connectivity index (χ1v) is 5.93. The molecule has 18 heavy (non-hydrogen) atoms. The number of hydrogen-bond acceptors (Lipinski definition) is 3. The van der Waals surface area contributed by atoms with Crippen molar-refractivity contribution in [3.8, 4) is 0 Å². The molecule has 2 rings (SSSR count). The van der Waals surface area contributed by atoms with E-state index in [9.17, 15) is 9.18 Å². The Morgan fingerprint density at radius 2 is 2.28 bits per heavy atom. The molecule has 1 aromatic rings. The number of carboxylic acids is 1. The van der Waals surface area contributed by atoms with Crippen molar-refractivity contribution < 1.29 is 19.0 Å². The van der Waals surface area contributed by atoms with Crippen LogP contribution in [0.4, 0.5) is 10.1 Å². The van der Waals surface area contributed by atoms with E-state index >= 15 is 0 Å². The molecule has 4 nitrogen and oxygen atoms in total. The first-order valence-electron chi connectivity index (χ1n) is 5.93. The molecule has 2 N–H and O–H groups in total. The summed E-state index contributed by atoms with van der Waals surface area (Å²) in [5.74, 6) is -1.66. The standard InChI is InChI=1S/C13H16FNO3/c1-18-9-6-5-8(7-9)15-12-10(13(16)17)3-2-4-11(12)14/h2-4,8-9,15H,5-7H2,1H3,(H,16,17). The normalized spacial score (nSPS) is 23.0. The molecular formula is C13H16FNO3. The van der Waals surface area contributed by atoms with E-state index in [0.29, 0.717) is 0 Å². The van der Waals surface area contributed by atoms with Crippen molar-refractivity contribution in [2.24, 2.45) is 0 Å². The molecule has 2 atom stereocenters. The summed E-state index contributed by atoms with van der Waals surface area (Å²) in [5.41, 5.74) is 0.0441. The van der Waals surface area contributed by atoms with Gasteiger partial charge in [0.05, 0.1) is 17.4 Å². The lowest BCUT2D eigenvalue weighted by molar-refractivity contribution is 0.0697. The summed E-state index contributed by atoms with van der Waals surface area (Å²) in [4.78, 5) is 11.0. The highest BCUT2D eigenvalue weighted by Gasteiger charge is 2.26. The van der Waals surface area contributed by atoms with Crippen molar-refractivity contribution in [2.45, 2.75) is 31.4 Å². The minimum atomic E-state index is -1.13. The van der Waals surface area contributed by atoms with Crippen LogP contribution in [-0.2, 0) is 4.74 Å². The second-order valence-electron chi connectivity index (χ2n) is 4.48. The zero-order valence-electron chi connectivity index (χ0n) is 10.1. The van der Waals surface area contributed by atoms with Crippen molar-refractivity contribution in [2.75, 3.05) is 12.4 Å². The minimum Gasteiger partial charge on any atom is -0.478 e. The summed E-state index contributed by atoms with van der Waals surface area (Å²) >= 11 is 0.